The highest BCUT2D eigenvalue weighted by Gasteiger charge is 2.43. The van der Waals surface area contributed by atoms with Crippen LogP contribution in [0.5, 0.6) is 0 Å². The highest BCUT2D eigenvalue weighted by molar-refractivity contribution is 5.87. The number of benzene rings is 3. The van der Waals surface area contributed by atoms with Crippen molar-refractivity contribution in [3.63, 3.8) is 0 Å². The molecule has 1 N–H and O–H groups in total. The molecule has 1 aliphatic heterocycles. The van der Waals surface area contributed by atoms with Crippen LogP contribution in [0.1, 0.15) is 32.7 Å². The SMILES string of the molecule is Cc1c([N+](=O)[O-])c(Nc2cc(N3CCOCC3)ncc2C=O)nn1C(c1ccccc1)(c1ccccc1)c1ccccc1. The quantitative estimate of drug-likeness (QED) is 0.103. The van der Waals surface area contributed by atoms with Crippen LogP contribution >= 0.6 is 0 Å². The van der Waals surface area contributed by atoms with Crippen LogP contribution in [0.15, 0.2) is 103 Å². The summed E-state index contributed by atoms with van der Waals surface area (Å²) >= 11 is 0. The number of aromatic nitrogens is 3. The number of anilines is 3. The van der Waals surface area contributed by atoms with Crippen molar-refractivity contribution in [1.29, 1.82) is 0 Å². The lowest BCUT2D eigenvalue weighted by Gasteiger charge is -2.37. The average Bonchev–Trinajstić information content (AvgIpc) is 3.39. The molecule has 0 aliphatic carbocycles. The van der Waals surface area contributed by atoms with Crippen LogP contribution in [0.2, 0.25) is 0 Å². The van der Waals surface area contributed by atoms with Crippen molar-refractivity contribution in [3.8, 4) is 0 Å². The van der Waals surface area contributed by atoms with E-state index in [1.165, 1.54) is 6.20 Å². The van der Waals surface area contributed by atoms with Crippen molar-refractivity contribution < 1.29 is 14.5 Å². The molecule has 0 unspecified atom stereocenters. The normalized spacial score (nSPS) is 13.5. The maximum atomic E-state index is 12.7. The summed E-state index contributed by atoms with van der Waals surface area (Å²) in [4.78, 5) is 30.8. The molecular weight excluding hydrogens is 544 g/mol. The predicted molar refractivity (Wildman–Crippen MR) is 164 cm³/mol. The number of aldehydes is 1. The molecule has 1 fully saturated rings. The molecular formula is C33H30N6O4. The van der Waals surface area contributed by atoms with Crippen LogP contribution in [0.3, 0.4) is 0 Å². The van der Waals surface area contributed by atoms with E-state index in [1.54, 1.807) is 17.7 Å². The lowest BCUT2D eigenvalue weighted by Crippen LogP contribution is -2.39. The van der Waals surface area contributed by atoms with Crippen LogP contribution < -0.4 is 10.2 Å². The molecule has 0 atom stereocenters. The van der Waals surface area contributed by atoms with Crippen molar-refractivity contribution in [3.05, 3.63) is 141 Å². The molecule has 3 aromatic carbocycles. The van der Waals surface area contributed by atoms with Gasteiger partial charge in [-0.3, -0.25) is 14.9 Å². The lowest BCUT2D eigenvalue weighted by molar-refractivity contribution is -0.384. The van der Waals surface area contributed by atoms with Gasteiger partial charge in [-0.25, -0.2) is 9.67 Å². The first-order chi connectivity index (χ1) is 21.0. The van der Waals surface area contributed by atoms with Crippen LogP contribution in [0.4, 0.5) is 23.0 Å². The minimum atomic E-state index is -1.05. The Morgan fingerprint density at radius 2 is 1.44 bits per heavy atom. The molecule has 10 nitrogen and oxygen atoms in total. The van der Waals surface area contributed by atoms with Gasteiger partial charge < -0.3 is 15.0 Å². The van der Waals surface area contributed by atoms with E-state index in [-0.39, 0.29) is 17.1 Å². The van der Waals surface area contributed by atoms with E-state index in [9.17, 15) is 14.9 Å². The van der Waals surface area contributed by atoms with Gasteiger partial charge in [0.15, 0.2) is 6.29 Å². The summed E-state index contributed by atoms with van der Waals surface area (Å²) in [7, 11) is 0. The number of nitro groups is 1. The number of hydrogen-bond acceptors (Lipinski definition) is 8. The smallest absolute Gasteiger partial charge is 0.334 e. The zero-order chi connectivity index (χ0) is 29.8. The fourth-order valence-corrected chi connectivity index (χ4v) is 5.78. The molecule has 0 bridgehead atoms. The van der Waals surface area contributed by atoms with Crippen molar-refractivity contribution in [1.82, 2.24) is 14.8 Å². The largest absolute Gasteiger partial charge is 0.378 e. The molecule has 5 aromatic rings. The predicted octanol–water partition coefficient (Wildman–Crippen LogP) is 5.73. The standard InChI is InChI=1S/C33H30N6O4/c1-24-31(39(41)42)32(35-29-21-30(34-22-25(29)23-40)37-17-19-43-20-18-37)36-38(24)33(26-11-5-2-6-12-26,27-13-7-3-8-14-27)28-15-9-4-10-16-28/h2-16,21-23H,17-20H2,1H3,(H,34,35,36). The van der Waals surface area contributed by atoms with Crippen LogP contribution in [0, 0.1) is 17.0 Å². The number of carbonyl (C=O) groups is 1. The molecule has 1 aliphatic rings. The van der Waals surface area contributed by atoms with Gasteiger partial charge in [-0.05, 0) is 23.6 Å². The van der Waals surface area contributed by atoms with Crippen molar-refractivity contribution in [2.24, 2.45) is 0 Å². The van der Waals surface area contributed by atoms with Gasteiger partial charge in [-0.2, -0.15) is 0 Å². The summed E-state index contributed by atoms with van der Waals surface area (Å²) in [6.45, 7) is 4.13. The van der Waals surface area contributed by atoms with Crippen LogP contribution in [-0.2, 0) is 10.3 Å². The number of pyridine rings is 1. The number of carbonyl (C=O) groups excluding carboxylic acids is 1. The first-order valence-electron chi connectivity index (χ1n) is 14.0. The molecule has 0 saturated carbocycles. The summed E-state index contributed by atoms with van der Waals surface area (Å²) in [5.41, 5.74) is 2.39. The summed E-state index contributed by atoms with van der Waals surface area (Å²) < 4.78 is 7.18. The van der Waals surface area contributed by atoms with Gasteiger partial charge in [0.25, 0.3) is 0 Å². The molecule has 1 saturated heterocycles. The number of nitrogens with one attached hydrogen (secondary N) is 1. The Labute approximate surface area is 248 Å². The van der Waals surface area contributed by atoms with Gasteiger partial charge in [0, 0.05) is 25.4 Å². The number of hydrogen-bond donors (Lipinski definition) is 1. The number of ether oxygens (including phenoxy) is 1. The van der Waals surface area contributed by atoms with Crippen LogP contribution in [-0.4, -0.2) is 52.3 Å². The van der Waals surface area contributed by atoms with E-state index >= 15 is 0 Å². The van der Waals surface area contributed by atoms with E-state index in [4.69, 9.17) is 9.84 Å². The molecule has 43 heavy (non-hydrogen) atoms. The Kier molecular flexibility index (Phi) is 7.67. The Morgan fingerprint density at radius 3 is 1.93 bits per heavy atom. The lowest BCUT2D eigenvalue weighted by atomic mass is 9.77. The van der Waals surface area contributed by atoms with E-state index in [0.29, 0.717) is 49.8 Å². The first kappa shape index (κ1) is 27.8. The minimum Gasteiger partial charge on any atom is -0.378 e. The molecule has 3 heterocycles. The summed E-state index contributed by atoms with van der Waals surface area (Å²) in [5, 5.41) is 20.7. The van der Waals surface area contributed by atoms with Gasteiger partial charge in [0.05, 0.1) is 29.4 Å². The van der Waals surface area contributed by atoms with Gasteiger partial charge >= 0.3 is 5.69 Å². The maximum absolute atomic E-state index is 12.7. The Bertz CT molecular complexity index is 1640. The second-order valence-electron chi connectivity index (χ2n) is 10.2. The third-order valence-corrected chi connectivity index (χ3v) is 7.80. The van der Waals surface area contributed by atoms with Gasteiger partial charge in [-0.1, -0.05) is 91.0 Å². The molecule has 10 heteroatoms. The molecule has 0 radical (unpaired) electrons. The fourth-order valence-electron chi connectivity index (χ4n) is 5.78. The molecule has 0 spiro atoms. The highest BCUT2D eigenvalue weighted by atomic mass is 16.6. The zero-order valence-electron chi connectivity index (χ0n) is 23.6. The molecule has 216 valence electrons. The summed E-state index contributed by atoms with van der Waals surface area (Å²) in [5.74, 6) is 0.666. The molecule has 0 amide bonds. The van der Waals surface area contributed by atoms with Crippen molar-refractivity contribution in [2.75, 3.05) is 36.5 Å². The second kappa shape index (κ2) is 11.9. The van der Waals surface area contributed by atoms with E-state index in [0.717, 1.165) is 16.7 Å². The van der Waals surface area contributed by atoms with Gasteiger partial charge in [0.1, 0.15) is 17.1 Å². The van der Waals surface area contributed by atoms with Crippen LogP contribution in [0.25, 0.3) is 0 Å². The topological polar surface area (TPSA) is 115 Å². The third kappa shape index (κ3) is 5.02. The Hall–Kier alpha value is -5.35. The zero-order valence-corrected chi connectivity index (χ0v) is 23.6. The third-order valence-electron chi connectivity index (χ3n) is 7.80. The average molecular weight is 575 g/mol. The first-order valence-corrected chi connectivity index (χ1v) is 14.0. The molecule has 6 rings (SSSR count). The number of morpholine rings is 1. The Balaban J connectivity index is 1.58. The van der Waals surface area contributed by atoms with Crippen molar-refractivity contribution in [2.45, 2.75) is 12.5 Å². The Morgan fingerprint density at radius 1 is 0.907 bits per heavy atom. The molecule has 2 aromatic heterocycles. The van der Waals surface area contributed by atoms with Gasteiger partial charge in [-0.15, -0.1) is 5.10 Å². The fraction of sp³-hybridized carbons (Fsp3) is 0.182. The number of nitrogens with zero attached hydrogens (tertiary/aromatic N) is 5. The number of rotatable bonds is 9. The maximum Gasteiger partial charge on any atom is 0.334 e. The second-order valence-corrected chi connectivity index (χ2v) is 10.2. The monoisotopic (exact) mass is 574 g/mol. The summed E-state index contributed by atoms with van der Waals surface area (Å²) in [6.07, 6.45) is 2.15. The van der Waals surface area contributed by atoms with Gasteiger partial charge in [0.2, 0.25) is 5.82 Å². The van der Waals surface area contributed by atoms with Crippen molar-refractivity contribution >= 4 is 29.3 Å². The van der Waals surface area contributed by atoms with E-state index in [1.807, 2.05) is 95.9 Å². The van der Waals surface area contributed by atoms with E-state index < -0.39 is 10.5 Å². The van der Waals surface area contributed by atoms with E-state index in [2.05, 4.69) is 10.3 Å². The highest BCUT2D eigenvalue weighted by Crippen LogP contribution is 2.44. The minimum absolute atomic E-state index is 0.0249. The summed E-state index contributed by atoms with van der Waals surface area (Å²) in [6, 6.07) is 31.2.